The molecule has 0 radical (unpaired) electrons. The smallest absolute Gasteiger partial charge is 0.0864 e. The Balaban J connectivity index is 0.00000147. The number of nitrogens with one attached hydrogen (secondary N) is 1. The van der Waals surface area contributed by atoms with Crippen molar-refractivity contribution in [1.82, 2.24) is 9.97 Å². The van der Waals surface area contributed by atoms with Gasteiger partial charge in [-0.15, -0.1) is 0 Å². The molecule has 0 fully saturated rings. The van der Waals surface area contributed by atoms with Gasteiger partial charge in [0.2, 0.25) is 0 Å². The maximum Gasteiger partial charge on any atom is 0.0864 e. The van der Waals surface area contributed by atoms with Gasteiger partial charge in [-0.1, -0.05) is 19.9 Å². The Morgan fingerprint density at radius 2 is 2.00 bits per heavy atom. The van der Waals surface area contributed by atoms with E-state index < -0.39 is 0 Å². The van der Waals surface area contributed by atoms with Crippen LogP contribution in [0, 0.1) is 6.92 Å². The average Bonchev–Trinajstić information content (AvgIpc) is 2.81. The van der Waals surface area contributed by atoms with Gasteiger partial charge in [-0.2, -0.15) is 0 Å². The Hall–Kier alpha value is -2.09. The standard InChI is InChI=1S/C17H18N2.H2/c1-11(2)14-10-16-13(8-12(14)3)9-17(19-16)15-6-4-5-7-18-15;/h4-11,19H,1-3H3;1H. The summed E-state index contributed by atoms with van der Waals surface area (Å²) in [5.41, 5.74) is 6.02. The maximum absolute atomic E-state index is 4.39. The molecule has 1 aromatic carbocycles. The van der Waals surface area contributed by atoms with Crippen molar-refractivity contribution >= 4 is 10.9 Å². The third kappa shape index (κ3) is 2.14. The first kappa shape index (κ1) is 12.0. The molecule has 0 aliphatic heterocycles. The van der Waals surface area contributed by atoms with E-state index in [1.54, 1.807) is 0 Å². The summed E-state index contributed by atoms with van der Waals surface area (Å²) in [6, 6.07) is 12.7. The average molecular weight is 252 g/mol. The van der Waals surface area contributed by atoms with Crippen LogP contribution in [0.25, 0.3) is 22.3 Å². The lowest BCUT2D eigenvalue weighted by atomic mass is 9.97. The first-order valence-electron chi connectivity index (χ1n) is 6.70. The highest BCUT2D eigenvalue weighted by Gasteiger charge is 2.09. The fourth-order valence-corrected chi connectivity index (χ4v) is 2.59. The first-order chi connectivity index (χ1) is 9.15. The van der Waals surface area contributed by atoms with Gasteiger partial charge in [-0.05, 0) is 54.3 Å². The molecule has 2 heteroatoms. The zero-order valence-electron chi connectivity index (χ0n) is 11.6. The fraction of sp³-hybridized carbons (Fsp3) is 0.235. The SMILES string of the molecule is Cc1cc2cc(-c3ccccn3)[nH]c2cc1C(C)C.[HH]. The molecule has 0 spiro atoms. The van der Waals surface area contributed by atoms with Gasteiger partial charge < -0.3 is 4.98 Å². The largest absolute Gasteiger partial charge is 0.353 e. The molecule has 2 heterocycles. The second kappa shape index (κ2) is 4.54. The van der Waals surface area contributed by atoms with Gasteiger partial charge in [0.15, 0.2) is 0 Å². The molecule has 0 atom stereocenters. The molecule has 3 aromatic rings. The van der Waals surface area contributed by atoms with Crippen LogP contribution >= 0.6 is 0 Å². The monoisotopic (exact) mass is 252 g/mol. The molecule has 19 heavy (non-hydrogen) atoms. The van der Waals surface area contributed by atoms with Crippen molar-refractivity contribution in [2.45, 2.75) is 26.7 Å². The molecular weight excluding hydrogens is 232 g/mol. The minimum Gasteiger partial charge on any atom is -0.353 e. The van der Waals surface area contributed by atoms with Crippen molar-refractivity contribution in [3.8, 4) is 11.4 Å². The molecule has 3 rings (SSSR count). The quantitative estimate of drug-likeness (QED) is 0.690. The predicted octanol–water partition coefficient (Wildman–Crippen LogP) is 4.91. The summed E-state index contributed by atoms with van der Waals surface area (Å²) in [5.74, 6) is 0.547. The Morgan fingerprint density at radius 3 is 2.68 bits per heavy atom. The van der Waals surface area contributed by atoms with Crippen LogP contribution in [0.3, 0.4) is 0 Å². The van der Waals surface area contributed by atoms with Gasteiger partial charge >= 0.3 is 0 Å². The van der Waals surface area contributed by atoms with Crippen molar-refractivity contribution in [1.29, 1.82) is 0 Å². The Morgan fingerprint density at radius 1 is 1.16 bits per heavy atom. The zero-order valence-corrected chi connectivity index (χ0v) is 11.6. The molecule has 2 aromatic heterocycles. The summed E-state index contributed by atoms with van der Waals surface area (Å²) >= 11 is 0. The second-order valence-corrected chi connectivity index (χ2v) is 5.35. The van der Waals surface area contributed by atoms with Crippen molar-refractivity contribution in [3.05, 3.63) is 53.7 Å². The van der Waals surface area contributed by atoms with Gasteiger partial charge in [-0.25, -0.2) is 0 Å². The number of hydrogen-bond acceptors (Lipinski definition) is 1. The molecule has 0 aliphatic rings. The van der Waals surface area contributed by atoms with E-state index in [1.165, 1.54) is 22.0 Å². The molecule has 1 N–H and O–H groups in total. The number of pyridine rings is 1. The number of aryl methyl sites for hydroxylation is 1. The van der Waals surface area contributed by atoms with Crippen LogP contribution in [0.4, 0.5) is 0 Å². The molecular formula is C17H20N2. The van der Waals surface area contributed by atoms with E-state index in [2.05, 4.69) is 48.9 Å². The summed E-state index contributed by atoms with van der Waals surface area (Å²) in [5, 5.41) is 1.25. The van der Waals surface area contributed by atoms with Crippen LogP contribution in [0.15, 0.2) is 42.6 Å². The highest BCUT2D eigenvalue weighted by Crippen LogP contribution is 2.28. The topological polar surface area (TPSA) is 28.7 Å². The second-order valence-electron chi connectivity index (χ2n) is 5.35. The highest BCUT2D eigenvalue weighted by molar-refractivity contribution is 5.86. The van der Waals surface area contributed by atoms with E-state index in [-0.39, 0.29) is 1.43 Å². The molecule has 0 amide bonds. The number of aromatic nitrogens is 2. The summed E-state index contributed by atoms with van der Waals surface area (Å²) in [4.78, 5) is 7.86. The number of hydrogen-bond donors (Lipinski definition) is 1. The van der Waals surface area contributed by atoms with Crippen molar-refractivity contribution in [2.24, 2.45) is 0 Å². The number of aromatic amines is 1. The van der Waals surface area contributed by atoms with E-state index >= 15 is 0 Å². The zero-order chi connectivity index (χ0) is 13.4. The van der Waals surface area contributed by atoms with Crippen molar-refractivity contribution in [3.63, 3.8) is 0 Å². The van der Waals surface area contributed by atoms with Crippen LogP contribution in [0.5, 0.6) is 0 Å². The lowest BCUT2D eigenvalue weighted by Gasteiger charge is -2.09. The van der Waals surface area contributed by atoms with E-state index in [0.717, 1.165) is 11.4 Å². The Bertz CT molecular complexity index is 714. The van der Waals surface area contributed by atoms with E-state index in [4.69, 9.17) is 0 Å². The van der Waals surface area contributed by atoms with Gasteiger partial charge in [0, 0.05) is 18.5 Å². The number of nitrogens with zero attached hydrogens (tertiary/aromatic N) is 1. The van der Waals surface area contributed by atoms with Gasteiger partial charge in [0.05, 0.1) is 11.4 Å². The Labute approximate surface area is 115 Å². The molecule has 2 nitrogen and oxygen atoms in total. The van der Waals surface area contributed by atoms with Crippen molar-refractivity contribution < 1.29 is 1.43 Å². The van der Waals surface area contributed by atoms with E-state index in [9.17, 15) is 0 Å². The fourth-order valence-electron chi connectivity index (χ4n) is 2.59. The summed E-state index contributed by atoms with van der Waals surface area (Å²) in [7, 11) is 0. The van der Waals surface area contributed by atoms with E-state index in [1.807, 2.05) is 24.4 Å². The summed E-state index contributed by atoms with van der Waals surface area (Å²) in [6.07, 6.45) is 1.83. The van der Waals surface area contributed by atoms with E-state index in [0.29, 0.717) is 5.92 Å². The lowest BCUT2D eigenvalue weighted by Crippen LogP contribution is -1.91. The van der Waals surface area contributed by atoms with Gasteiger partial charge in [0.1, 0.15) is 0 Å². The number of H-pyrrole nitrogens is 1. The van der Waals surface area contributed by atoms with Crippen LogP contribution in [0.2, 0.25) is 0 Å². The maximum atomic E-state index is 4.39. The number of rotatable bonds is 2. The molecule has 0 aliphatic carbocycles. The van der Waals surface area contributed by atoms with Crippen LogP contribution < -0.4 is 0 Å². The minimum atomic E-state index is 0. The van der Waals surface area contributed by atoms with Crippen molar-refractivity contribution in [2.75, 3.05) is 0 Å². The molecule has 0 saturated carbocycles. The number of fused-ring (bicyclic) bond motifs is 1. The molecule has 0 bridgehead atoms. The lowest BCUT2D eigenvalue weighted by molar-refractivity contribution is 0.858. The van der Waals surface area contributed by atoms with Crippen LogP contribution in [-0.4, -0.2) is 9.97 Å². The van der Waals surface area contributed by atoms with Crippen LogP contribution in [-0.2, 0) is 0 Å². The normalized spacial score (nSPS) is 11.4. The van der Waals surface area contributed by atoms with Gasteiger partial charge in [-0.3, -0.25) is 4.98 Å². The van der Waals surface area contributed by atoms with Crippen LogP contribution in [0.1, 0.15) is 32.3 Å². The highest BCUT2D eigenvalue weighted by atomic mass is 14.8. The third-order valence-corrected chi connectivity index (χ3v) is 3.57. The summed E-state index contributed by atoms with van der Waals surface area (Å²) in [6.45, 7) is 6.65. The molecule has 98 valence electrons. The predicted molar refractivity (Wildman–Crippen MR) is 82.5 cm³/mol. The summed E-state index contributed by atoms with van der Waals surface area (Å²) < 4.78 is 0. The third-order valence-electron chi connectivity index (χ3n) is 3.57. The molecule has 0 saturated heterocycles. The molecule has 0 unspecified atom stereocenters. The van der Waals surface area contributed by atoms with Gasteiger partial charge in [0.25, 0.3) is 0 Å². The minimum absolute atomic E-state index is 0. The number of benzene rings is 1. The first-order valence-corrected chi connectivity index (χ1v) is 6.70. The Kier molecular flexibility index (Phi) is 2.86.